The number of amides is 1. The van der Waals surface area contributed by atoms with Crippen LogP contribution in [0.25, 0.3) is 28.3 Å². The molecule has 0 radical (unpaired) electrons. The van der Waals surface area contributed by atoms with Gasteiger partial charge in [-0.2, -0.15) is 0 Å². The molecule has 3 rings (SSSR count). The van der Waals surface area contributed by atoms with Gasteiger partial charge in [0, 0.05) is 48.7 Å². The van der Waals surface area contributed by atoms with Gasteiger partial charge in [0.05, 0.1) is 12.2 Å². The Balaban J connectivity index is 0.00000481. The van der Waals surface area contributed by atoms with Crippen molar-refractivity contribution < 1.29 is 58.9 Å². The molecule has 0 unspecified atom stereocenters. The maximum absolute atomic E-state index is 13.8. The van der Waals surface area contributed by atoms with Crippen LogP contribution in [0.4, 0.5) is 4.39 Å². The number of nitrogens with zero attached hydrogens (tertiary/aromatic N) is 1. The van der Waals surface area contributed by atoms with E-state index in [1.165, 1.54) is 18.2 Å². The largest absolute Gasteiger partial charge is 1.00 e. The van der Waals surface area contributed by atoms with E-state index in [2.05, 4.69) is 5.32 Å². The van der Waals surface area contributed by atoms with Crippen molar-refractivity contribution in [1.82, 2.24) is 9.88 Å². The van der Waals surface area contributed by atoms with Crippen LogP contribution in [0.2, 0.25) is 0 Å². The van der Waals surface area contributed by atoms with Gasteiger partial charge in [-0.25, -0.2) is 4.39 Å². The summed E-state index contributed by atoms with van der Waals surface area (Å²) in [5.74, 6) is -2.12. The number of rotatable bonds is 10. The predicted octanol–water partition coefficient (Wildman–Crippen LogP) is 0.171. The Labute approximate surface area is 237 Å². The Kier molecular flexibility index (Phi) is 11.3. The van der Waals surface area contributed by atoms with Crippen LogP contribution in [0.5, 0.6) is 0 Å². The standard InChI is InChI=1S/C28H31FN2O5.Na/c1-17(2)31-23(14-13-21(32)15-22(33)16-24(34)35)25(19-9-11-20(29)12-10-19)26(27(31)28(36)30-3)18-7-5-4-6-8-18;/h4-14,17,21-22,32-33H,15-16H2,1-3H3,(H,30,36)(H,34,35);/q;+1/p-1/b14-13+;/t21-,22-;/m1./s1. The fourth-order valence-electron chi connectivity index (χ4n) is 4.28. The summed E-state index contributed by atoms with van der Waals surface area (Å²) in [6.07, 6.45) is -0.126. The van der Waals surface area contributed by atoms with Crippen LogP contribution in [-0.4, -0.2) is 45.9 Å². The second kappa shape index (κ2) is 13.7. The Morgan fingerprint density at radius 2 is 1.62 bits per heavy atom. The molecule has 9 heteroatoms. The van der Waals surface area contributed by atoms with Crippen LogP contribution in [0, 0.1) is 5.82 Å². The third-order valence-corrected chi connectivity index (χ3v) is 5.79. The van der Waals surface area contributed by atoms with Gasteiger partial charge in [0.25, 0.3) is 5.91 Å². The van der Waals surface area contributed by atoms with Gasteiger partial charge in [-0.05, 0) is 43.2 Å². The summed E-state index contributed by atoms with van der Waals surface area (Å²) in [5.41, 5.74) is 3.79. The van der Waals surface area contributed by atoms with Gasteiger partial charge in [-0.1, -0.05) is 48.5 Å². The predicted molar refractivity (Wildman–Crippen MR) is 134 cm³/mol. The van der Waals surface area contributed by atoms with E-state index < -0.39 is 30.4 Å². The van der Waals surface area contributed by atoms with E-state index in [1.54, 1.807) is 25.3 Å². The summed E-state index contributed by atoms with van der Waals surface area (Å²) in [5, 5.41) is 33.8. The van der Waals surface area contributed by atoms with Gasteiger partial charge in [0.1, 0.15) is 11.5 Å². The van der Waals surface area contributed by atoms with Crippen LogP contribution in [0.15, 0.2) is 60.7 Å². The molecule has 1 heterocycles. The Bertz CT molecular complexity index is 1240. The van der Waals surface area contributed by atoms with Crippen molar-refractivity contribution in [3.63, 3.8) is 0 Å². The number of benzene rings is 2. The molecule has 0 aliphatic carbocycles. The molecule has 0 fully saturated rings. The van der Waals surface area contributed by atoms with Crippen LogP contribution < -0.4 is 40.0 Å². The van der Waals surface area contributed by atoms with Gasteiger partial charge in [0.2, 0.25) is 0 Å². The summed E-state index contributed by atoms with van der Waals surface area (Å²) >= 11 is 0. The Hall–Kier alpha value is -2.75. The molecule has 0 aliphatic heterocycles. The number of aliphatic carboxylic acids is 1. The zero-order valence-electron chi connectivity index (χ0n) is 21.4. The van der Waals surface area contributed by atoms with Crippen LogP contribution in [-0.2, 0) is 4.79 Å². The first-order chi connectivity index (χ1) is 17.1. The molecule has 0 spiro atoms. The molecule has 0 saturated carbocycles. The Morgan fingerprint density at radius 1 is 1.03 bits per heavy atom. The minimum absolute atomic E-state index is 0. The first-order valence-corrected chi connectivity index (χ1v) is 11.7. The summed E-state index contributed by atoms with van der Waals surface area (Å²) in [6, 6.07) is 15.1. The summed E-state index contributed by atoms with van der Waals surface area (Å²) < 4.78 is 15.6. The fraction of sp³-hybridized carbons (Fsp3) is 0.286. The second-order valence-electron chi connectivity index (χ2n) is 8.79. The molecule has 37 heavy (non-hydrogen) atoms. The first-order valence-electron chi connectivity index (χ1n) is 11.7. The van der Waals surface area contributed by atoms with Gasteiger partial charge >= 0.3 is 29.6 Å². The molecule has 3 N–H and O–H groups in total. The molecule has 0 aliphatic rings. The van der Waals surface area contributed by atoms with E-state index in [9.17, 15) is 29.3 Å². The molecule has 0 bridgehead atoms. The molecular formula is C28H30FN2NaO5. The molecule has 190 valence electrons. The van der Waals surface area contributed by atoms with Crippen molar-refractivity contribution >= 4 is 18.0 Å². The summed E-state index contributed by atoms with van der Waals surface area (Å²) in [4.78, 5) is 24.0. The number of carboxylic acids is 1. The third kappa shape index (κ3) is 7.40. The molecule has 1 aromatic heterocycles. The number of aliphatic hydroxyl groups excluding tert-OH is 2. The maximum atomic E-state index is 13.8. The average molecular weight is 517 g/mol. The van der Waals surface area contributed by atoms with Crippen molar-refractivity contribution in [1.29, 1.82) is 0 Å². The molecule has 2 aromatic carbocycles. The quantitative estimate of drug-likeness (QED) is 0.333. The van der Waals surface area contributed by atoms with Crippen LogP contribution in [0.3, 0.4) is 0 Å². The average Bonchev–Trinajstić information content (AvgIpc) is 3.18. The minimum atomic E-state index is -1.41. The van der Waals surface area contributed by atoms with E-state index in [4.69, 9.17) is 0 Å². The monoisotopic (exact) mass is 516 g/mol. The van der Waals surface area contributed by atoms with Gasteiger partial charge in [0.15, 0.2) is 0 Å². The number of hydrogen-bond donors (Lipinski definition) is 3. The molecule has 1 amide bonds. The van der Waals surface area contributed by atoms with Gasteiger partial charge in [-0.3, -0.25) is 4.79 Å². The van der Waals surface area contributed by atoms with Crippen LogP contribution >= 0.6 is 0 Å². The number of carboxylic acid groups (broad SMARTS) is 1. The fourth-order valence-corrected chi connectivity index (χ4v) is 4.28. The zero-order valence-corrected chi connectivity index (χ0v) is 23.4. The number of aromatic nitrogens is 1. The van der Waals surface area contributed by atoms with Crippen molar-refractivity contribution in [3.8, 4) is 22.3 Å². The second-order valence-corrected chi connectivity index (χ2v) is 8.79. The van der Waals surface area contributed by atoms with E-state index in [1.807, 2.05) is 48.7 Å². The third-order valence-electron chi connectivity index (χ3n) is 5.79. The van der Waals surface area contributed by atoms with E-state index >= 15 is 0 Å². The van der Waals surface area contributed by atoms with Crippen molar-refractivity contribution in [2.24, 2.45) is 0 Å². The first kappa shape index (κ1) is 30.5. The van der Waals surface area contributed by atoms with Crippen molar-refractivity contribution in [2.75, 3.05) is 7.05 Å². The minimum Gasteiger partial charge on any atom is -0.550 e. The number of halogens is 1. The topological polar surface area (TPSA) is 115 Å². The van der Waals surface area contributed by atoms with E-state index in [0.717, 1.165) is 5.56 Å². The molecule has 3 aromatic rings. The van der Waals surface area contributed by atoms with Crippen LogP contribution in [0.1, 0.15) is 48.9 Å². The number of aliphatic hydroxyl groups is 2. The number of carbonyl (C=O) groups is 2. The number of nitrogens with one attached hydrogen (secondary N) is 1. The van der Waals surface area contributed by atoms with E-state index in [-0.39, 0.29) is 47.9 Å². The molecule has 2 atom stereocenters. The SMILES string of the molecule is CNC(=O)c1c(-c2ccccc2)c(-c2ccc(F)cc2)c(/C=C/[C@@H](O)C[C@@H](O)CC(=O)[O-])n1C(C)C.[Na+]. The molecular weight excluding hydrogens is 486 g/mol. The maximum Gasteiger partial charge on any atom is 1.00 e. The molecule has 7 nitrogen and oxygen atoms in total. The number of carbonyl (C=O) groups excluding carboxylic acids is 2. The normalized spacial score (nSPS) is 12.8. The van der Waals surface area contributed by atoms with E-state index in [0.29, 0.717) is 28.1 Å². The smallest absolute Gasteiger partial charge is 0.550 e. The summed E-state index contributed by atoms with van der Waals surface area (Å²) in [7, 11) is 1.55. The van der Waals surface area contributed by atoms with Crippen molar-refractivity contribution in [3.05, 3.63) is 77.9 Å². The Morgan fingerprint density at radius 3 is 2.16 bits per heavy atom. The summed E-state index contributed by atoms with van der Waals surface area (Å²) in [6.45, 7) is 3.85. The molecule has 0 saturated heterocycles. The van der Waals surface area contributed by atoms with Gasteiger partial charge < -0.3 is 30.0 Å². The van der Waals surface area contributed by atoms with Crippen molar-refractivity contribution in [2.45, 2.75) is 44.9 Å². The zero-order chi connectivity index (χ0) is 26.4. The van der Waals surface area contributed by atoms with Gasteiger partial charge in [-0.15, -0.1) is 0 Å². The number of hydrogen-bond acceptors (Lipinski definition) is 5.